The van der Waals surface area contributed by atoms with Crippen molar-refractivity contribution >= 4 is 51.9 Å². The summed E-state index contributed by atoms with van der Waals surface area (Å²) in [5, 5.41) is 4.82. The van der Waals surface area contributed by atoms with Crippen LogP contribution in [0.2, 0.25) is 5.02 Å². The zero-order valence-electron chi connectivity index (χ0n) is 14.6. The van der Waals surface area contributed by atoms with Gasteiger partial charge in [-0.3, -0.25) is 5.43 Å². The van der Waals surface area contributed by atoms with Gasteiger partial charge in [0.2, 0.25) is 5.71 Å². The molecule has 26 heavy (non-hydrogen) atoms. The highest BCUT2D eigenvalue weighted by molar-refractivity contribution is 7.82. The number of carbonyl (C=O) groups excluding carboxylic acids is 1. The van der Waals surface area contributed by atoms with Crippen molar-refractivity contribution in [3.8, 4) is 0 Å². The lowest BCUT2D eigenvalue weighted by molar-refractivity contribution is -0.134. The Kier molecular flexibility index (Phi) is 7.56. The summed E-state index contributed by atoms with van der Waals surface area (Å²) in [6.07, 6.45) is 0. The molecule has 0 bridgehead atoms. The lowest BCUT2D eigenvalue weighted by Gasteiger charge is -2.24. The molecule has 0 aliphatic heterocycles. The maximum atomic E-state index is 12.4. The Morgan fingerprint density at radius 1 is 1.15 bits per heavy atom. The monoisotopic (exact) mass is 389 g/mol. The number of hydrogen-bond donors (Lipinski definition) is 1. The molecule has 2 aromatic rings. The first-order chi connectivity index (χ1) is 12.6. The van der Waals surface area contributed by atoms with Gasteiger partial charge in [0.1, 0.15) is 4.99 Å². The molecule has 0 aliphatic rings. The molecule has 0 saturated heterocycles. The van der Waals surface area contributed by atoms with Crippen LogP contribution in [0.3, 0.4) is 0 Å². The highest BCUT2D eigenvalue weighted by atomic mass is 35.5. The molecule has 0 amide bonds. The number of halogens is 1. The van der Waals surface area contributed by atoms with Crippen LogP contribution in [0.15, 0.2) is 59.7 Å². The molecule has 0 aromatic heterocycles. The van der Waals surface area contributed by atoms with Gasteiger partial charge in [0.15, 0.2) is 0 Å². The second-order valence-corrected chi connectivity index (χ2v) is 6.01. The molecule has 0 heterocycles. The molecule has 0 atom stereocenters. The Morgan fingerprint density at radius 3 is 2.38 bits per heavy atom. The van der Waals surface area contributed by atoms with Crippen molar-refractivity contribution in [2.75, 3.05) is 23.5 Å². The molecule has 5 nitrogen and oxygen atoms in total. The van der Waals surface area contributed by atoms with E-state index in [1.54, 1.807) is 31.2 Å². The third-order valence-electron chi connectivity index (χ3n) is 3.44. The van der Waals surface area contributed by atoms with Crippen LogP contribution in [0, 0.1) is 0 Å². The molecule has 0 fully saturated rings. The number of carbonyl (C=O) groups is 1. The topological polar surface area (TPSA) is 53.9 Å². The van der Waals surface area contributed by atoms with E-state index in [2.05, 4.69) is 10.5 Å². The predicted molar refractivity (Wildman–Crippen MR) is 111 cm³/mol. The summed E-state index contributed by atoms with van der Waals surface area (Å²) in [5.74, 6) is -0.576. The number of nitrogens with zero attached hydrogens (tertiary/aromatic N) is 2. The summed E-state index contributed by atoms with van der Waals surface area (Å²) in [5.41, 5.74) is 4.44. The smallest absolute Gasteiger partial charge is 0.361 e. The quantitative estimate of drug-likeness (QED) is 0.326. The Hall–Kier alpha value is -2.44. The van der Waals surface area contributed by atoms with Gasteiger partial charge in [0.25, 0.3) is 0 Å². The van der Waals surface area contributed by atoms with Gasteiger partial charge in [-0.1, -0.05) is 42.0 Å². The number of benzene rings is 2. The molecule has 136 valence electrons. The molecule has 2 rings (SSSR count). The van der Waals surface area contributed by atoms with E-state index in [1.165, 1.54) is 0 Å². The first-order valence-corrected chi connectivity index (χ1v) is 8.98. The van der Waals surface area contributed by atoms with Crippen LogP contribution < -0.4 is 10.3 Å². The molecule has 0 spiro atoms. The molecule has 7 heteroatoms. The summed E-state index contributed by atoms with van der Waals surface area (Å²) in [6.45, 7) is 4.51. The van der Waals surface area contributed by atoms with Crippen LogP contribution in [0.4, 0.5) is 11.4 Å². The Balaban J connectivity index is 2.30. The van der Waals surface area contributed by atoms with Crippen LogP contribution >= 0.6 is 23.8 Å². The van der Waals surface area contributed by atoms with Crippen LogP contribution in [0.1, 0.15) is 13.8 Å². The fraction of sp³-hybridized carbons (Fsp3) is 0.211. The highest BCUT2D eigenvalue weighted by Gasteiger charge is 2.24. The number of nitrogens with one attached hydrogen (secondary N) is 1. The van der Waals surface area contributed by atoms with Crippen molar-refractivity contribution in [1.82, 2.24) is 0 Å². The first-order valence-electron chi connectivity index (χ1n) is 8.20. The van der Waals surface area contributed by atoms with E-state index in [9.17, 15) is 4.79 Å². The van der Waals surface area contributed by atoms with Crippen molar-refractivity contribution in [3.63, 3.8) is 0 Å². The molecule has 2 aromatic carbocycles. The van der Waals surface area contributed by atoms with Crippen LogP contribution in [0.25, 0.3) is 0 Å². The molecule has 0 saturated carbocycles. The van der Waals surface area contributed by atoms with Gasteiger partial charge in [-0.05, 0) is 50.2 Å². The van der Waals surface area contributed by atoms with Gasteiger partial charge in [-0.2, -0.15) is 5.10 Å². The van der Waals surface area contributed by atoms with E-state index in [0.717, 1.165) is 5.69 Å². The zero-order chi connectivity index (χ0) is 18.9. The van der Waals surface area contributed by atoms with E-state index >= 15 is 0 Å². The normalized spacial score (nSPS) is 11.0. The van der Waals surface area contributed by atoms with E-state index in [1.807, 2.05) is 42.2 Å². The third-order valence-corrected chi connectivity index (χ3v) is 4.11. The maximum Gasteiger partial charge on any atom is 0.361 e. The van der Waals surface area contributed by atoms with Gasteiger partial charge in [-0.15, -0.1) is 0 Å². The van der Waals surface area contributed by atoms with E-state index in [4.69, 9.17) is 28.6 Å². The minimum absolute atomic E-state index is 0.0440. The number of hydrogen-bond acceptors (Lipinski definition) is 5. The second-order valence-electron chi connectivity index (χ2n) is 5.18. The lowest BCUT2D eigenvalue weighted by Crippen LogP contribution is -2.40. The molecule has 0 unspecified atom stereocenters. The largest absolute Gasteiger partial charge is 0.461 e. The Labute approximate surface area is 163 Å². The van der Waals surface area contributed by atoms with Crippen molar-refractivity contribution < 1.29 is 9.53 Å². The standard InChI is InChI=1S/C19H20ClN3O2S/c1-3-23(16-8-6-5-7-9-16)18(26)17(19(24)25-4-2)22-21-15-12-10-14(20)11-13-15/h5-13,21H,3-4H2,1-2H3. The van der Waals surface area contributed by atoms with Gasteiger partial charge >= 0.3 is 5.97 Å². The van der Waals surface area contributed by atoms with Crippen molar-refractivity contribution in [2.24, 2.45) is 5.10 Å². The number of para-hydroxylation sites is 1. The number of rotatable bonds is 7. The number of anilines is 2. The third kappa shape index (κ3) is 5.28. The van der Waals surface area contributed by atoms with E-state index in [-0.39, 0.29) is 12.3 Å². The van der Waals surface area contributed by atoms with Crippen LogP contribution in [-0.4, -0.2) is 29.8 Å². The number of thiocarbonyl (C=S) groups is 1. The summed E-state index contributed by atoms with van der Waals surface area (Å²) in [6, 6.07) is 16.5. The fourth-order valence-corrected chi connectivity index (χ4v) is 2.69. The number of hydrazone groups is 1. The van der Waals surface area contributed by atoms with Crippen molar-refractivity contribution in [2.45, 2.75) is 13.8 Å². The average molecular weight is 390 g/mol. The van der Waals surface area contributed by atoms with Crippen LogP contribution in [-0.2, 0) is 9.53 Å². The molecule has 0 radical (unpaired) electrons. The summed E-state index contributed by atoms with van der Waals surface area (Å²) in [4.78, 5) is 14.5. The Morgan fingerprint density at radius 2 is 1.81 bits per heavy atom. The Bertz CT molecular complexity index is 779. The predicted octanol–water partition coefficient (Wildman–Crippen LogP) is 4.52. The fourth-order valence-electron chi connectivity index (χ4n) is 2.20. The van der Waals surface area contributed by atoms with Crippen molar-refractivity contribution in [3.05, 3.63) is 59.6 Å². The summed E-state index contributed by atoms with van der Waals surface area (Å²) >= 11 is 11.4. The minimum Gasteiger partial charge on any atom is -0.461 e. The van der Waals surface area contributed by atoms with Gasteiger partial charge in [0.05, 0.1) is 12.3 Å². The SMILES string of the molecule is CCOC(=O)C(=NNc1ccc(Cl)cc1)C(=S)N(CC)c1ccccc1. The first kappa shape index (κ1) is 19.9. The van der Waals surface area contributed by atoms with Gasteiger partial charge < -0.3 is 9.64 Å². The molecule has 1 N–H and O–H groups in total. The molecular weight excluding hydrogens is 370 g/mol. The molecule has 0 aliphatic carbocycles. The maximum absolute atomic E-state index is 12.4. The second kappa shape index (κ2) is 9.89. The summed E-state index contributed by atoms with van der Waals surface area (Å²) < 4.78 is 5.12. The highest BCUT2D eigenvalue weighted by Crippen LogP contribution is 2.16. The van der Waals surface area contributed by atoms with Crippen LogP contribution in [0.5, 0.6) is 0 Å². The minimum atomic E-state index is -0.576. The van der Waals surface area contributed by atoms with Gasteiger partial charge in [0, 0.05) is 17.3 Å². The lowest BCUT2D eigenvalue weighted by atomic mass is 10.2. The van der Waals surface area contributed by atoms with E-state index < -0.39 is 5.97 Å². The summed E-state index contributed by atoms with van der Waals surface area (Å²) in [7, 11) is 0. The average Bonchev–Trinajstić information content (AvgIpc) is 2.65. The number of ether oxygens (including phenoxy) is 1. The van der Waals surface area contributed by atoms with Gasteiger partial charge in [-0.25, -0.2) is 4.79 Å². The number of esters is 1. The zero-order valence-corrected chi connectivity index (χ0v) is 16.2. The van der Waals surface area contributed by atoms with E-state index in [0.29, 0.717) is 22.2 Å². The molecular formula is C19H20ClN3O2S. The van der Waals surface area contributed by atoms with Crippen molar-refractivity contribution in [1.29, 1.82) is 0 Å².